The Hall–Kier alpha value is -10.2. The van der Waals surface area contributed by atoms with Crippen molar-refractivity contribution in [3.63, 3.8) is 0 Å². The number of nitrogens with zero attached hydrogens (tertiary/aromatic N) is 8. The summed E-state index contributed by atoms with van der Waals surface area (Å²) in [7, 11) is 0. The van der Waals surface area contributed by atoms with Gasteiger partial charge in [-0.05, 0) is 152 Å². The van der Waals surface area contributed by atoms with Gasteiger partial charge in [0.1, 0.15) is 0 Å². The van der Waals surface area contributed by atoms with Crippen LogP contribution < -0.4 is 15.1 Å². The van der Waals surface area contributed by atoms with Gasteiger partial charge in [0.15, 0.2) is 16.7 Å². The molecule has 0 aliphatic heterocycles. The summed E-state index contributed by atoms with van der Waals surface area (Å²) >= 11 is 24.5. The molecule has 0 saturated heterocycles. The van der Waals surface area contributed by atoms with E-state index in [9.17, 15) is 0 Å². The van der Waals surface area contributed by atoms with Gasteiger partial charge in [0.2, 0.25) is 0 Å². The highest BCUT2D eigenvalue weighted by Crippen LogP contribution is 2.48. The zero-order valence-corrected chi connectivity index (χ0v) is 47.6. The molecule has 16 heteroatoms. The second kappa shape index (κ2) is 21.5. The third kappa shape index (κ3) is 9.34. The third-order valence-electron chi connectivity index (χ3n) is 14.7. The quantitative estimate of drug-likeness (QED) is 0.149. The average molecular weight is 1190 g/mol. The van der Waals surface area contributed by atoms with Gasteiger partial charge in [-0.25, -0.2) is 0 Å². The molecule has 12 nitrogen and oxygen atoms in total. The summed E-state index contributed by atoms with van der Waals surface area (Å²) in [5, 5.41) is 5.40. The number of hydrogen-bond donors (Lipinski definition) is 1. The maximum Gasteiger partial charge on any atom is 0.307 e. The van der Waals surface area contributed by atoms with Crippen molar-refractivity contribution >= 4 is 176 Å². The van der Waals surface area contributed by atoms with E-state index in [1.165, 1.54) is 0 Å². The molecule has 410 valence electrons. The summed E-state index contributed by atoms with van der Waals surface area (Å²) in [5.74, 6) is 1.73. The van der Waals surface area contributed by atoms with E-state index in [0.717, 1.165) is 112 Å². The molecule has 0 atom stereocenters. The molecule has 17 rings (SSSR count). The fourth-order valence-corrected chi connectivity index (χ4v) is 11.7. The van der Waals surface area contributed by atoms with Crippen LogP contribution in [0.2, 0.25) is 20.1 Å². The first-order valence-corrected chi connectivity index (χ1v) is 28.6. The summed E-state index contributed by atoms with van der Waals surface area (Å²) in [5.41, 5.74) is 18.4. The van der Waals surface area contributed by atoms with Gasteiger partial charge in [0, 0.05) is 34.1 Å². The highest BCUT2D eigenvalue weighted by atomic mass is 35.5. The molecule has 6 heterocycles. The summed E-state index contributed by atoms with van der Waals surface area (Å²) in [4.78, 5) is 18.6. The number of para-hydroxylation sites is 9. The molecule has 1 N–H and O–H groups in total. The van der Waals surface area contributed by atoms with Crippen LogP contribution in [0, 0.1) is 0 Å². The fourth-order valence-electron chi connectivity index (χ4n) is 10.9. The Bertz CT molecular complexity index is 5100. The molecule has 0 unspecified atom stereocenters. The largest absolute Gasteiger partial charge is 0.423 e. The van der Waals surface area contributed by atoms with E-state index in [1.807, 2.05) is 152 Å². The van der Waals surface area contributed by atoms with Crippen molar-refractivity contribution in [1.29, 1.82) is 0 Å². The first kappa shape index (κ1) is 51.7. The molecular formula is C69H43Cl4N9O3. The molecule has 0 amide bonds. The molecule has 0 aliphatic carbocycles. The van der Waals surface area contributed by atoms with E-state index in [-0.39, 0.29) is 0 Å². The van der Waals surface area contributed by atoms with Crippen molar-refractivity contribution in [3.05, 3.63) is 275 Å². The highest BCUT2D eigenvalue weighted by Gasteiger charge is 2.25. The molecule has 0 radical (unpaired) electrons. The van der Waals surface area contributed by atoms with Crippen molar-refractivity contribution < 1.29 is 13.3 Å². The van der Waals surface area contributed by atoms with E-state index < -0.39 is 0 Å². The lowest BCUT2D eigenvalue weighted by Gasteiger charge is -2.31. The third-order valence-corrected chi connectivity index (χ3v) is 16.3. The average Bonchev–Trinajstić information content (AvgIpc) is 2.96. The van der Waals surface area contributed by atoms with E-state index in [2.05, 4.69) is 118 Å². The first-order valence-electron chi connectivity index (χ1n) is 27.1. The van der Waals surface area contributed by atoms with E-state index >= 15 is 0 Å². The lowest BCUT2D eigenvalue weighted by atomic mass is 10.1. The first-order chi connectivity index (χ1) is 41.8. The van der Waals surface area contributed by atoms with Crippen LogP contribution in [0.4, 0.5) is 45.5 Å². The summed E-state index contributed by atoms with van der Waals surface area (Å²) < 4.78 is 24.3. The van der Waals surface area contributed by atoms with Crippen LogP contribution in [0.15, 0.2) is 268 Å². The standard InChI is InChI=1S/C44H27ClN6O2.C19H13N3O.C6H3Cl3/c45-42-36(48(28-12-3-1-4-13-28)30-22-24-32-38(26-30)50-34-16-7-9-20-40(34)52-43(50)46-32)18-11-19-37(42)49(29-14-5-2-6-15-29)31-23-25-33-39(27-31)51-35-17-8-10-21-41(35)53-44(51)47-33;1-2-6-13(7-3-1)20-14-10-11-15-17(12-14)22-16-8-4-5-9-18(16)23-19(22)21-15;7-4-2-1-3-5(8)6(4)9/h1-27H;1-12,20H;1-3H. The van der Waals surface area contributed by atoms with Crippen molar-refractivity contribution in [2.75, 3.05) is 15.1 Å². The smallest absolute Gasteiger partial charge is 0.307 e. The highest BCUT2D eigenvalue weighted by molar-refractivity contribution is 6.48. The summed E-state index contributed by atoms with van der Waals surface area (Å²) in [6, 6.07) is 84.6. The van der Waals surface area contributed by atoms with Crippen LogP contribution in [-0.4, -0.2) is 28.2 Å². The van der Waals surface area contributed by atoms with E-state index in [4.69, 9.17) is 69.6 Å². The van der Waals surface area contributed by atoms with Crippen molar-refractivity contribution in [2.24, 2.45) is 0 Å². The summed E-state index contributed by atoms with van der Waals surface area (Å²) in [6.45, 7) is 0. The van der Waals surface area contributed by atoms with Crippen LogP contribution in [0.25, 0.3) is 83.9 Å². The number of oxazole rings is 3. The maximum atomic E-state index is 7.66. The van der Waals surface area contributed by atoms with Crippen molar-refractivity contribution in [3.8, 4) is 0 Å². The van der Waals surface area contributed by atoms with Gasteiger partial charge in [-0.2, -0.15) is 15.0 Å². The Morgan fingerprint density at radius 3 is 1.12 bits per heavy atom. The fraction of sp³-hybridized carbons (Fsp3) is 0. The Balaban J connectivity index is 0.000000156. The lowest BCUT2D eigenvalue weighted by molar-refractivity contribution is 0.642. The number of aromatic nitrogens is 6. The van der Waals surface area contributed by atoms with Crippen molar-refractivity contribution in [2.45, 2.75) is 0 Å². The Morgan fingerprint density at radius 1 is 0.306 bits per heavy atom. The normalized spacial score (nSPS) is 11.5. The van der Waals surface area contributed by atoms with Gasteiger partial charge in [-0.1, -0.05) is 150 Å². The lowest BCUT2D eigenvalue weighted by Crippen LogP contribution is -2.14. The number of hydrogen-bond acceptors (Lipinski definition) is 9. The molecule has 0 bridgehead atoms. The second-order valence-electron chi connectivity index (χ2n) is 19.9. The predicted molar refractivity (Wildman–Crippen MR) is 347 cm³/mol. The zero-order valence-electron chi connectivity index (χ0n) is 44.6. The molecule has 0 saturated carbocycles. The topological polar surface area (TPSA) is 110 Å². The monoisotopic (exact) mass is 1190 g/mol. The minimum absolute atomic E-state index is 0.417. The number of benzene rings is 11. The SMILES string of the molecule is Clc1c(N(c2ccccc2)c2ccc3nc4oc5ccccc5n4c3c2)cccc1N(c1ccccc1)c1ccc2nc3oc4ccccc4n3c2c1.Clc1cccc(Cl)c1Cl.c1ccc(Nc2ccc3nc4oc5ccccc5n4c3c2)cc1. The molecule has 85 heavy (non-hydrogen) atoms. The van der Waals surface area contributed by atoms with Gasteiger partial charge in [0.05, 0.1) is 81.1 Å². The molecule has 11 aromatic carbocycles. The Kier molecular flexibility index (Phi) is 13.1. The number of fused-ring (bicyclic) bond motifs is 15. The Labute approximate surface area is 504 Å². The molecule has 6 aromatic heterocycles. The van der Waals surface area contributed by atoms with Gasteiger partial charge in [-0.3, -0.25) is 13.2 Å². The van der Waals surface area contributed by atoms with Crippen molar-refractivity contribution in [1.82, 2.24) is 28.2 Å². The van der Waals surface area contributed by atoms with E-state index in [0.29, 0.717) is 37.6 Å². The number of halogens is 4. The number of imidazole rings is 3. The number of rotatable bonds is 8. The molecular weight excluding hydrogens is 1140 g/mol. The maximum absolute atomic E-state index is 7.66. The van der Waals surface area contributed by atoms with Gasteiger partial charge < -0.3 is 28.4 Å². The molecule has 0 spiro atoms. The molecule has 0 fully saturated rings. The number of anilines is 8. The Morgan fingerprint density at radius 2 is 0.682 bits per heavy atom. The van der Waals surface area contributed by atoms with Crippen LogP contribution in [0.1, 0.15) is 0 Å². The summed E-state index contributed by atoms with van der Waals surface area (Å²) in [6.07, 6.45) is 0. The predicted octanol–water partition coefficient (Wildman–Crippen LogP) is 21.0. The zero-order chi connectivity index (χ0) is 57.1. The second-order valence-corrected chi connectivity index (χ2v) is 21.5. The van der Waals surface area contributed by atoms with Crippen LogP contribution in [0.5, 0.6) is 0 Å². The van der Waals surface area contributed by atoms with Gasteiger partial charge in [-0.15, -0.1) is 0 Å². The molecule has 17 aromatic rings. The van der Waals surface area contributed by atoms with Crippen LogP contribution in [0.3, 0.4) is 0 Å². The van der Waals surface area contributed by atoms with Gasteiger partial charge in [0.25, 0.3) is 0 Å². The van der Waals surface area contributed by atoms with Crippen LogP contribution >= 0.6 is 46.4 Å². The minimum Gasteiger partial charge on any atom is -0.423 e. The number of nitrogens with one attached hydrogen (secondary N) is 1. The minimum atomic E-state index is 0.417. The van der Waals surface area contributed by atoms with E-state index in [1.54, 1.807) is 18.2 Å². The van der Waals surface area contributed by atoms with Crippen LogP contribution in [-0.2, 0) is 0 Å². The molecule has 0 aliphatic rings. The van der Waals surface area contributed by atoms with Gasteiger partial charge >= 0.3 is 17.5 Å².